The molecule has 1 aliphatic heterocycles. The molecule has 3 atom stereocenters. The summed E-state index contributed by atoms with van der Waals surface area (Å²) in [6.07, 6.45) is 7.45. The molecule has 3 fully saturated rings. The molecular formula is C19H24N2O2. The molecule has 0 spiro atoms. The summed E-state index contributed by atoms with van der Waals surface area (Å²) in [5, 5.41) is 3.03. The number of hydrogen-bond acceptors (Lipinski definition) is 2. The number of hydrogen-bond donors (Lipinski definition) is 1. The molecule has 3 unspecified atom stereocenters. The van der Waals surface area contributed by atoms with Crippen molar-refractivity contribution in [1.82, 2.24) is 0 Å². The molecule has 1 aromatic carbocycles. The Bertz CT molecular complexity index is 628. The summed E-state index contributed by atoms with van der Waals surface area (Å²) >= 11 is 0. The van der Waals surface area contributed by atoms with Crippen LogP contribution in [0.3, 0.4) is 0 Å². The van der Waals surface area contributed by atoms with Crippen molar-refractivity contribution >= 4 is 23.2 Å². The lowest BCUT2D eigenvalue weighted by molar-refractivity contribution is -0.118. The standard InChI is InChI=1S/C19H24N2O2/c22-18(11-15-10-13-6-7-14(15)9-13)20-16-3-1-4-17(12-16)21-8-2-5-19(21)23/h1,3-4,12-15H,2,5-11H2,(H,20,22). The molecule has 4 heteroatoms. The third-order valence-electron chi connectivity index (χ3n) is 5.85. The van der Waals surface area contributed by atoms with E-state index in [4.69, 9.17) is 0 Å². The van der Waals surface area contributed by atoms with Crippen molar-refractivity contribution < 1.29 is 9.59 Å². The van der Waals surface area contributed by atoms with Gasteiger partial charge in [0.25, 0.3) is 0 Å². The molecule has 2 saturated carbocycles. The number of nitrogens with one attached hydrogen (secondary N) is 1. The predicted molar refractivity (Wildman–Crippen MR) is 90.2 cm³/mol. The first-order valence-electron chi connectivity index (χ1n) is 8.89. The Hall–Kier alpha value is -1.84. The number of carbonyl (C=O) groups excluding carboxylic acids is 2. The van der Waals surface area contributed by atoms with Gasteiger partial charge in [0, 0.05) is 30.8 Å². The lowest BCUT2D eigenvalue weighted by Gasteiger charge is -2.21. The molecule has 2 bridgehead atoms. The minimum absolute atomic E-state index is 0.118. The van der Waals surface area contributed by atoms with Gasteiger partial charge in [-0.1, -0.05) is 12.5 Å². The van der Waals surface area contributed by atoms with E-state index in [9.17, 15) is 9.59 Å². The average molecular weight is 312 g/mol. The van der Waals surface area contributed by atoms with Crippen molar-refractivity contribution in [2.75, 3.05) is 16.8 Å². The van der Waals surface area contributed by atoms with Crippen LogP contribution in [0.1, 0.15) is 44.9 Å². The number of fused-ring (bicyclic) bond motifs is 2. The fraction of sp³-hybridized carbons (Fsp3) is 0.579. The Morgan fingerprint density at radius 2 is 2.17 bits per heavy atom. The number of amides is 2. The number of carbonyl (C=O) groups is 2. The van der Waals surface area contributed by atoms with E-state index in [-0.39, 0.29) is 11.8 Å². The number of anilines is 2. The van der Waals surface area contributed by atoms with Crippen LogP contribution in [0.4, 0.5) is 11.4 Å². The van der Waals surface area contributed by atoms with Gasteiger partial charge in [0.05, 0.1) is 0 Å². The maximum atomic E-state index is 12.4. The lowest BCUT2D eigenvalue weighted by atomic mass is 9.86. The summed E-state index contributed by atoms with van der Waals surface area (Å²) in [6.45, 7) is 0.779. The largest absolute Gasteiger partial charge is 0.326 e. The highest BCUT2D eigenvalue weighted by atomic mass is 16.2. The van der Waals surface area contributed by atoms with E-state index >= 15 is 0 Å². The smallest absolute Gasteiger partial charge is 0.227 e. The zero-order valence-corrected chi connectivity index (χ0v) is 13.5. The third kappa shape index (κ3) is 2.99. The van der Waals surface area contributed by atoms with E-state index in [0.717, 1.165) is 36.2 Å². The monoisotopic (exact) mass is 312 g/mol. The normalized spacial score (nSPS) is 29.3. The van der Waals surface area contributed by atoms with Gasteiger partial charge in [0.2, 0.25) is 11.8 Å². The van der Waals surface area contributed by atoms with E-state index in [0.29, 0.717) is 18.8 Å². The minimum atomic E-state index is 0.118. The molecule has 0 radical (unpaired) electrons. The van der Waals surface area contributed by atoms with Gasteiger partial charge in [-0.3, -0.25) is 9.59 Å². The first-order chi connectivity index (χ1) is 11.2. The molecule has 1 N–H and O–H groups in total. The van der Waals surface area contributed by atoms with Gasteiger partial charge in [0.15, 0.2) is 0 Å². The van der Waals surface area contributed by atoms with Crippen LogP contribution in [0, 0.1) is 17.8 Å². The maximum absolute atomic E-state index is 12.4. The van der Waals surface area contributed by atoms with Crippen LogP contribution in [0.5, 0.6) is 0 Å². The molecule has 1 saturated heterocycles. The van der Waals surface area contributed by atoms with E-state index in [1.54, 1.807) is 0 Å². The van der Waals surface area contributed by atoms with E-state index < -0.39 is 0 Å². The molecule has 122 valence electrons. The van der Waals surface area contributed by atoms with Gasteiger partial charge in [-0.15, -0.1) is 0 Å². The summed E-state index contributed by atoms with van der Waals surface area (Å²) in [5.41, 5.74) is 1.69. The quantitative estimate of drug-likeness (QED) is 0.924. The van der Waals surface area contributed by atoms with Crippen molar-refractivity contribution in [3.05, 3.63) is 24.3 Å². The zero-order chi connectivity index (χ0) is 15.8. The summed E-state index contributed by atoms with van der Waals surface area (Å²) < 4.78 is 0. The second-order valence-corrected chi connectivity index (χ2v) is 7.39. The average Bonchev–Trinajstić information content (AvgIpc) is 3.24. The molecule has 2 aliphatic carbocycles. The van der Waals surface area contributed by atoms with E-state index in [1.807, 2.05) is 29.2 Å². The highest BCUT2D eigenvalue weighted by Gasteiger charge is 2.40. The molecule has 23 heavy (non-hydrogen) atoms. The van der Waals surface area contributed by atoms with Gasteiger partial charge in [0.1, 0.15) is 0 Å². The SMILES string of the molecule is O=C(CC1CC2CCC1C2)Nc1cccc(N2CCCC2=O)c1. The van der Waals surface area contributed by atoms with Crippen molar-refractivity contribution in [1.29, 1.82) is 0 Å². The van der Waals surface area contributed by atoms with Crippen LogP contribution >= 0.6 is 0 Å². The fourth-order valence-corrected chi connectivity index (χ4v) is 4.75. The highest BCUT2D eigenvalue weighted by molar-refractivity contribution is 5.97. The Kier molecular flexibility index (Phi) is 3.83. The number of nitrogens with zero attached hydrogens (tertiary/aromatic N) is 1. The van der Waals surface area contributed by atoms with Crippen LogP contribution in [0.2, 0.25) is 0 Å². The van der Waals surface area contributed by atoms with Crippen molar-refractivity contribution in [3.8, 4) is 0 Å². The number of benzene rings is 1. The summed E-state index contributed by atoms with van der Waals surface area (Å²) in [5.74, 6) is 2.53. The Morgan fingerprint density at radius 1 is 1.26 bits per heavy atom. The molecule has 0 aromatic heterocycles. The highest BCUT2D eigenvalue weighted by Crippen LogP contribution is 2.49. The van der Waals surface area contributed by atoms with E-state index in [2.05, 4.69) is 5.32 Å². The van der Waals surface area contributed by atoms with Gasteiger partial charge in [-0.2, -0.15) is 0 Å². The van der Waals surface area contributed by atoms with Crippen LogP contribution in [-0.2, 0) is 9.59 Å². The molecular weight excluding hydrogens is 288 g/mol. The first kappa shape index (κ1) is 14.7. The molecule has 4 nitrogen and oxygen atoms in total. The predicted octanol–water partition coefficient (Wildman–Crippen LogP) is 3.58. The lowest BCUT2D eigenvalue weighted by Crippen LogP contribution is -2.24. The number of rotatable bonds is 4. The van der Waals surface area contributed by atoms with Crippen LogP contribution in [0.15, 0.2) is 24.3 Å². The topological polar surface area (TPSA) is 49.4 Å². The Morgan fingerprint density at radius 3 is 2.87 bits per heavy atom. The zero-order valence-electron chi connectivity index (χ0n) is 13.5. The summed E-state index contributed by atoms with van der Waals surface area (Å²) in [6, 6.07) is 7.67. The van der Waals surface area contributed by atoms with Crippen LogP contribution < -0.4 is 10.2 Å². The van der Waals surface area contributed by atoms with Gasteiger partial charge in [-0.05, 0) is 61.6 Å². The molecule has 2 amide bonds. The molecule has 1 aromatic rings. The van der Waals surface area contributed by atoms with Gasteiger partial charge in [-0.25, -0.2) is 0 Å². The van der Waals surface area contributed by atoms with E-state index in [1.165, 1.54) is 25.7 Å². The molecule has 4 rings (SSSR count). The second-order valence-electron chi connectivity index (χ2n) is 7.39. The second kappa shape index (κ2) is 5.99. The van der Waals surface area contributed by atoms with Gasteiger partial charge >= 0.3 is 0 Å². The maximum Gasteiger partial charge on any atom is 0.227 e. The fourth-order valence-electron chi connectivity index (χ4n) is 4.75. The Labute approximate surface area is 137 Å². The third-order valence-corrected chi connectivity index (χ3v) is 5.85. The van der Waals surface area contributed by atoms with Crippen molar-refractivity contribution in [2.24, 2.45) is 17.8 Å². The Balaban J connectivity index is 1.38. The van der Waals surface area contributed by atoms with Crippen molar-refractivity contribution in [3.63, 3.8) is 0 Å². The van der Waals surface area contributed by atoms with Crippen LogP contribution in [-0.4, -0.2) is 18.4 Å². The summed E-state index contributed by atoms with van der Waals surface area (Å²) in [4.78, 5) is 26.0. The first-order valence-corrected chi connectivity index (χ1v) is 8.89. The molecule has 3 aliphatic rings. The minimum Gasteiger partial charge on any atom is -0.326 e. The summed E-state index contributed by atoms with van der Waals surface area (Å²) in [7, 11) is 0. The molecule has 1 heterocycles. The van der Waals surface area contributed by atoms with Crippen LogP contribution in [0.25, 0.3) is 0 Å². The van der Waals surface area contributed by atoms with Gasteiger partial charge < -0.3 is 10.2 Å². The van der Waals surface area contributed by atoms with Crippen molar-refractivity contribution in [2.45, 2.75) is 44.9 Å².